The molecule has 1 aromatic heterocycles. The highest BCUT2D eigenvalue weighted by Gasteiger charge is 2.05. The van der Waals surface area contributed by atoms with Crippen LogP contribution in [0.2, 0.25) is 5.02 Å². The van der Waals surface area contributed by atoms with Crippen molar-refractivity contribution in [1.82, 2.24) is 9.99 Å². The lowest BCUT2D eigenvalue weighted by Crippen LogP contribution is -2.24. The Bertz CT molecular complexity index is 1010. The number of carbonyl (C=O) groups excluding carboxylic acids is 1. The number of aromatic nitrogens is 1. The van der Waals surface area contributed by atoms with Crippen LogP contribution in [0.4, 0.5) is 10.5 Å². The predicted octanol–water partition coefficient (Wildman–Crippen LogP) is 5.21. The number of aryl methyl sites for hydroxylation is 3. The van der Waals surface area contributed by atoms with Gasteiger partial charge >= 0.3 is 6.03 Å². The van der Waals surface area contributed by atoms with E-state index in [1.54, 1.807) is 6.21 Å². The van der Waals surface area contributed by atoms with Crippen LogP contribution in [0.1, 0.15) is 22.4 Å². The number of halogens is 1. The van der Waals surface area contributed by atoms with Gasteiger partial charge in [0.1, 0.15) is 0 Å². The fourth-order valence-corrected chi connectivity index (χ4v) is 2.90. The molecule has 3 rings (SSSR count). The molecule has 27 heavy (non-hydrogen) atoms. The molecule has 0 atom stereocenters. The first-order chi connectivity index (χ1) is 12.9. The molecule has 2 amide bonds. The van der Waals surface area contributed by atoms with Crippen molar-refractivity contribution in [2.75, 3.05) is 5.32 Å². The lowest BCUT2D eigenvalue weighted by atomic mass is 10.1. The lowest BCUT2D eigenvalue weighted by Gasteiger charge is -2.09. The normalized spacial score (nSPS) is 11.0. The summed E-state index contributed by atoms with van der Waals surface area (Å²) >= 11 is 6.22. The van der Waals surface area contributed by atoms with Gasteiger partial charge in [0.15, 0.2) is 0 Å². The highest BCUT2D eigenvalue weighted by atomic mass is 35.5. The van der Waals surface area contributed by atoms with Gasteiger partial charge in [0, 0.05) is 22.6 Å². The number of nitrogens with zero attached hydrogens (tertiary/aromatic N) is 2. The minimum atomic E-state index is -0.394. The maximum Gasteiger partial charge on any atom is 0.339 e. The van der Waals surface area contributed by atoms with Crippen molar-refractivity contribution >= 4 is 29.5 Å². The van der Waals surface area contributed by atoms with Crippen LogP contribution in [-0.4, -0.2) is 16.8 Å². The smallest absolute Gasteiger partial charge is 0.316 e. The molecule has 0 saturated heterocycles. The number of carbonyl (C=O) groups is 1. The van der Waals surface area contributed by atoms with E-state index in [2.05, 4.69) is 15.8 Å². The zero-order valence-corrected chi connectivity index (χ0v) is 16.2. The number of urea groups is 1. The Morgan fingerprint density at radius 1 is 1.07 bits per heavy atom. The highest BCUT2D eigenvalue weighted by molar-refractivity contribution is 6.31. The van der Waals surface area contributed by atoms with Gasteiger partial charge in [-0.25, -0.2) is 10.2 Å². The maximum atomic E-state index is 12.1. The average molecular weight is 381 g/mol. The number of hydrogen-bond donors (Lipinski definition) is 2. The Balaban J connectivity index is 1.67. The van der Waals surface area contributed by atoms with Crippen LogP contribution < -0.4 is 10.7 Å². The zero-order chi connectivity index (χ0) is 19.4. The molecule has 1 heterocycles. The van der Waals surface area contributed by atoms with Crippen LogP contribution in [-0.2, 0) is 0 Å². The van der Waals surface area contributed by atoms with Crippen molar-refractivity contribution in [1.29, 1.82) is 0 Å². The maximum absolute atomic E-state index is 12.1. The lowest BCUT2D eigenvalue weighted by molar-refractivity contribution is 0.252. The molecule has 0 saturated carbocycles. The Morgan fingerprint density at radius 2 is 1.89 bits per heavy atom. The molecule has 0 fully saturated rings. The van der Waals surface area contributed by atoms with E-state index >= 15 is 0 Å². The van der Waals surface area contributed by atoms with Crippen molar-refractivity contribution in [3.63, 3.8) is 0 Å². The molecule has 6 heteroatoms. The number of nitrogens with one attached hydrogen (secondary N) is 2. The largest absolute Gasteiger partial charge is 0.339 e. The van der Waals surface area contributed by atoms with Crippen molar-refractivity contribution in [3.05, 3.63) is 82.1 Å². The summed E-state index contributed by atoms with van der Waals surface area (Å²) < 4.78 is 1.94. The first-order valence-corrected chi connectivity index (χ1v) is 8.93. The highest BCUT2D eigenvalue weighted by Crippen LogP contribution is 2.20. The van der Waals surface area contributed by atoms with Gasteiger partial charge < -0.3 is 9.88 Å². The van der Waals surface area contributed by atoms with Crippen molar-refractivity contribution in [2.24, 2.45) is 5.10 Å². The number of hydrogen-bond acceptors (Lipinski definition) is 2. The molecular weight excluding hydrogens is 360 g/mol. The molecule has 0 bridgehead atoms. The van der Waals surface area contributed by atoms with E-state index in [4.69, 9.17) is 11.6 Å². The SMILES string of the molecule is Cc1ccc(NC(=O)N/N=C/c2cccn2-c2ccc(C)c(Cl)c2)c(C)c1. The van der Waals surface area contributed by atoms with E-state index in [-0.39, 0.29) is 0 Å². The molecule has 0 aliphatic rings. The van der Waals surface area contributed by atoms with E-state index in [1.807, 2.05) is 80.1 Å². The number of rotatable bonds is 4. The van der Waals surface area contributed by atoms with Gasteiger partial charge in [0.2, 0.25) is 0 Å². The van der Waals surface area contributed by atoms with Crippen molar-refractivity contribution < 1.29 is 4.79 Å². The number of anilines is 1. The molecule has 2 aromatic carbocycles. The molecule has 0 aliphatic carbocycles. The van der Waals surface area contributed by atoms with E-state index in [9.17, 15) is 4.79 Å². The Morgan fingerprint density at radius 3 is 2.63 bits per heavy atom. The summed E-state index contributed by atoms with van der Waals surface area (Å²) in [6.45, 7) is 5.92. The van der Waals surface area contributed by atoms with Crippen molar-refractivity contribution in [2.45, 2.75) is 20.8 Å². The summed E-state index contributed by atoms with van der Waals surface area (Å²) in [6, 6.07) is 15.1. The minimum absolute atomic E-state index is 0.394. The molecule has 0 spiro atoms. The number of benzene rings is 2. The zero-order valence-electron chi connectivity index (χ0n) is 15.5. The monoisotopic (exact) mass is 380 g/mol. The van der Waals surface area contributed by atoms with Gasteiger partial charge in [0.25, 0.3) is 0 Å². The molecular formula is C21H21ClN4O. The second-order valence-electron chi connectivity index (χ2n) is 6.38. The summed E-state index contributed by atoms with van der Waals surface area (Å²) in [5.41, 5.74) is 8.16. The van der Waals surface area contributed by atoms with Crippen LogP contribution in [0.3, 0.4) is 0 Å². The Labute approximate surface area is 163 Å². The Hall–Kier alpha value is -3.05. The predicted molar refractivity (Wildman–Crippen MR) is 111 cm³/mol. The first kappa shape index (κ1) is 18.7. The van der Waals surface area contributed by atoms with E-state index < -0.39 is 6.03 Å². The van der Waals surface area contributed by atoms with Gasteiger partial charge in [-0.15, -0.1) is 0 Å². The van der Waals surface area contributed by atoms with Gasteiger partial charge in [-0.2, -0.15) is 5.10 Å². The second kappa shape index (κ2) is 8.10. The molecule has 138 valence electrons. The minimum Gasteiger partial charge on any atom is -0.316 e. The van der Waals surface area contributed by atoms with Crippen molar-refractivity contribution in [3.8, 4) is 5.69 Å². The third kappa shape index (κ3) is 4.57. The standard InChI is InChI=1S/C21H21ClN4O/c1-14-6-9-20(16(3)11-14)24-21(27)25-23-13-18-5-4-10-26(18)17-8-7-15(2)19(22)12-17/h4-13H,1-3H3,(H2,24,25,27)/b23-13+. The van der Waals surface area contributed by atoms with E-state index in [1.165, 1.54) is 0 Å². The number of amides is 2. The van der Waals surface area contributed by atoms with Crippen LogP contribution in [0.15, 0.2) is 59.8 Å². The summed E-state index contributed by atoms with van der Waals surface area (Å²) in [5, 5.41) is 7.54. The fourth-order valence-electron chi connectivity index (χ4n) is 2.73. The molecule has 5 nitrogen and oxygen atoms in total. The van der Waals surface area contributed by atoms with Crippen LogP contribution in [0, 0.1) is 20.8 Å². The fraction of sp³-hybridized carbons (Fsp3) is 0.143. The summed E-state index contributed by atoms with van der Waals surface area (Å²) in [5.74, 6) is 0. The molecule has 3 aromatic rings. The quantitative estimate of drug-likeness (QED) is 0.473. The summed E-state index contributed by atoms with van der Waals surface area (Å²) in [4.78, 5) is 12.1. The van der Waals surface area contributed by atoms with Gasteiger partial charge in [-0.3, -0.25) is 0 Å². The third-order valence-electron chi connectivity index (χ3n) is 4.21. The molecule has 2 N–H and O–H groups in total. The van der Waals surface area contributed by atoms with Crippen LogP contribution >= 0.6 is 11.6 Å². The third-order valence-corrected chi connectivity index (χ3v) is 4.61. The summed E-state index contributed by atoms with van der Waals surface area (Å²) in [7, 11) is 0. The summed E-state index contributed by atoms with van der Waals surface area (Å²) in [6.07, 6.45) is 3.51. The molecule has 0 radical (unpaired) electrons. The van der Waals surface area contributed by atoms with Gasteiger partial charge in [-0.05, 0) is 62.2 Å². The van der Waals surface area contributed by atoms with E-state index in [0.29, 0.717) is 5.02 Å². The number of hydrazone groups is 1. The second-order valence-corrected chi connectivity index (χ2v) is 6.79. The van der Waals surface area contributed by atoms with Crippen LogP contribution in [0.25, 0.3) is 5.69 Å². The van der Waals surface area contributed by atoms with E-state index in [0.717, 1.165) is 33.8 Å². The molecule has 0 aliphatic heterocycles. The molecule has 0 unspecified atom stereocenters. The average Bonchev–Trinajstić information content (AvgIpc) is 3.08. The Kier molecular flexibility index (Phi) is 5.62. The topological polar surface area (TPSA) is 58.4 Å². The van der Waals surface area contributed by atoms with Gasteiger partial charge in [0.05, 0.1) is 11.9 Å². The first-order valence-electron chi connectivity index (χ1n) is 8.55. The van der Waals surface area contributed by atoms with Gasteiger partial charge in [-0.1, -0.05) is 35.4 Å². The van der Waals surface area contributed by atoms with Crippen LogP contribution in [0.5, 0.6) is 0 Å².